The molecule has 90 valence electrons. The highest BCUT2D eigenvalue weighted by Gasteiger charge is 2.13. The van der Waals surface area contributed by atoms with E-state index in [1.807, 2.05) is 0 Å². The zero-order valence-electron chi connectivity index (χ0n) is 10.00. The third kappa shape index (κ3) is 8.43. The number of hydrogen-bond donors (Lipinski definition) is 1. The predicted molar refractivity (Wildman–Crippen MR) is 60.6 cm³/mol. The Kier molecular flexibility index (Phi) is 9.59. The van der Waals surface area contributed by atoms with E-state index < -0.39 is 12.1 Å². The van der Waals surface area contributed by atoms with Gasteiger partial charge in [-0.2, -0.15) is 0 Å². The number of unbranched alkanes of at least 4 members (excludes halogenated alkanes) is 6. The maximum atomic E-state index is 10.8. The van der Waals surface area contributed by atoms with Gasteiger partial charge in [-0.25, -0.2) is 4.79 Å². The first-order chi connectivity index (χ1) is 7.22. The standard InChI is InChI=1S/C12H24O3/c1-3-4-5-6-7-8-9-10-11(13)12(14)15-2/h11,13H,3-10H2,1-2H3. The highest BCUT2D eigenvalue weighted by molar-refractivity contribution is 5.74. The molecule has 0 aromatic rings. The number of hydrogen-bond acceptors (Lipinski definition) is 3. The van der Waals surface area contributed by atoms with Crippen molar-refractivity contribution in [2.75, 3.05) is 7.11 Å². The lowest BCUT2D eigenvalue weighted by Gasteiger charge is -2.07. The van der Waals surface area contributed by atoms with Crippen molar-refractivity contribution in [1.29, 1.82) is 0 Å². The summed E-state index contributed by atoms with van der Waals surface area (Å²) in [7, 11) is 1.30. The monoisotopic (exact) mass is 216 g/mol. The topological polar surface area (TPSA) is 46.5 Å². The van der Waals surface area contributed by atoms with Crippen molar-refractivity contribution in [2.45, 2.75) is 64.4 Å². The summed E-state index contributed by atoms with van der Waals surface area (Å²) in [4.78, 5) is 10.8. The second kappa shape index (κ2) is 9.97. The quantitative estimate of drug-likeness (QED) is 0.476. The van der Waals surface area contributed by atoms with Gasteiger partial charge in [0.2, 0.25) is 0 Å². The van der Waals surface area contributed by atoms with Gasteiger partial charge in [0.15, 0.2) is 6.10 Å². The van der Waals surface area contributed by atoms with E-state index in [-0.39, 0.29) is 0 Å². The van der Waals surface area contributed by atoms with E-state index in [4.69, 9.17) is 0 Å². The minimum Gasteiger partial charge on any atom is -0.467 e. The van der Waals surface area contributed by atoms with Crippen molar-refractivity contribution >= 4 is 5.97 Å². The molecule has 0 aliphatic heterocycles. The summed E-state index contributed by atoms with van der Waals surface area (Å²) in [5, 5.41) is 9.28. The highest BCUT2D eigenvalue weighted by atomic mass is 16.5. The van der Waals surface area contributed by atoms with Crippen LogP contribution in [-0.2, 0) is 9.53 Å². The molecule has 1 atom stereocenters. The molecular weight excluding hydrogens is 192 g/mol. The van der Waals surface area contributed by atoms with E-state index in [9.17, 15) is 9.90 Å². The van der Waals surface area contributed by atoms with Gasteiger partial charge >= 0.3 is 5.97 Å². The maximum Gasteiger partial charge on any atom is 0.334 e. The number of carbonyl (C=O) groups excluding carboxylic acids is 1. The first-order valence-corrected chi connectivity index (χ1v) is 5.98. The first kappa shape index (κ1) is 14.4. The van der Waals surface area contributed by atoms with Gasteiger partial charge in [0, 0.05) is 0 Å². The van der Waals surface area contributed by atoms with E-state index in [0.717, 1.165) is 12.8 Å². The Hall–Kier alpha value is -0.570. The molecule has 0 bridgehead atoms. The van der Waals surface area contributed by atoms with Crippen LogP contribution < -0.4 is 0 Å². The van der Waals surface area contributed by atoms with Crippen LogP contribution in [0.2, 0.25) is 0 Å². The van der Waals surface area contributed by atoms with Gasteiger partial charge in [-0.05, 0) is 6.42 Å². The Bertz CT molecular complexity index is 157. The molecule has 0 aliphatic rings. The molecule has 0 aromatic carbocycles. The van der Waals surface area contributed by atoms with Crippen LogP contribution in [0.4, 0.5) is 0 Å². The molecule has 0 spiro atoms. The minimum absolute atomic E-state index is 0.513. The molecule has 0 aromatic heterocycles. The summed E-state index contributed by atoms with van der Waals surface area (Å²) in [5.41, 5.74) is 0. The van der Waals surface area contributed by atoms with Crippen LogP contribution in [0.25, 0.3) is 0 Å². The molecule has 15 heavy (non-hydrogen) atoms. The Balaban J connectivity index is 3.20. The third-order valence-electron chi connectivity index (χ3n) is 2.55. The van der Waals surface area contributed by atoms with E-state index in [1.165, 1.54) is 39.2 Å². The van der Waals surface area contributed by atoms with Crippen molar-refractivity contribution in [1.82, 2.24) is 0 Å². The predicted octanol–water partition coefficient (Wildman–Crippen LogP) is 2.66. The molecule has 3 nitrogen and oxygen atoms in total. The van der Waals surface area contributed by atoms with Crippen LogP contribution in [0.15, 0.2) is 0 Å². The lowest BCUT2D eigenvalue weighted by Crippen LogP contribution is -2.21. The number of esters is 1. The highest BCUT2D eigenvalue weighted by Crippen LogP contribution is 2.10. The molecular formula is C12H24O3. The largest absolute Gasteiger partial charge is 0.467 e. The smallest absolute Gasteiger partial charge is 0.334 e. The summed E-state index contributed by atoms with van der Waals surface area (Å²) in [6.45, 7) is 2.20. The minimum atomic E-state index is -0.925. The molecule has 3 heteroatoms. The van der Waals surface area contributed by atoms with E-state index in [2.05, 4.69) is 11.7 Å². The normalized spacial score (nSPS) is 12.5. The molecule has 1 unspecified atom stereocenters. The lowest BCUT2D eigenvalue weighted by molar-refractivity contribution is -0.150. The summed E-state index contributed by atoms with van der Waals surface area (Å²) in [6, 6.07) is 0. The summed E-state index contributed by atoms with van der Waals surface area (Å²) < 4.78 is 4.43. The van der Waals surface area contributed by atoms with E-state index in [0.29, 0.717) is 6.42 Å². The second-order valence-corrected chi connectivity index (χ2v) is 3.95. The Morgan fingerprint density at radius 2 is 1.67 bits per heavy atom. The number of ether oxygens (including phenoxy) is 1. The Morgan fingerprint density at radius 1 is 1.13 bits per heavy atom. The van der Waals surface area contributed by atoms with Gasteiger partial charge in [0.05, 0.1) is 7.11 Å². The van der Waals surface area contributed by atoms with Crippen LogP contribution in [0.5, 0.6) is 0 Å². The van der Waals surface area contributed by atoms with Gasteiger partial charge in [-0.3, -0.25) is 0 Å². The van der Waals surface area contributed by atoms with Crippen LogP contribution in [0.1, 0.15) is 58.3 Å². The van der Waals surface area contributed by atoms with Crippen molar-refractivity contribution < 1.29 is 14.6 Å². The third-order valence-corrected chi connectivity index (χ3v) is 2.55. The fourth-order valence-corrected chi connectivity index (χ4v) is 1.55. The van der Waals surface area contributed by atoms with Gasteiger partial charge in [0.25, 0.3) is 0 Å². The summed E-state index contributed by atoms with van der Waals surface area (Å²) >= 11 is 0. The molecule has 0 radical (unpaired) electrons. The van der Waals surface area contributed by atoms with E-state index >= 15 is 0 Å². The second-order valence-electron chi connectivity index (χ2n) is 3.95. The van der Waals surface area contributed by atoms with E-state index in [1.54, 1.807) is 0 Å². The molecule has 0 saturated heterocycles. The zero-order chi connectivity index (χ0) is 11.5. The van der Waals surface area contributed by atoms with Gasteiger partial charge in [-0.1, -0.05) is 51.9 Å². The molecule has 0 rings (SSSR count). The summed E-state index contributed by atoms with van der Waals surface area (Å²) in [5.74, 6) is -0.513. The summed E-state index contributed by atoms with van der Waals surface area (Å²) in [6.07, 6.45) is 7.95. The molecule has 0 heterocycles. The van der Waals surface area contributed by atoms with Crippen molar-refractivity contribution in [3.63, 3.8) is 0 Å². The van der Waals surface area contributed by atoms with Crippen molar-refractivity contribution in [3.05, 3.63) is 0 Å². The van der Waals surface area contributed by atoms with Gasteiger partial charge < -0.3 is 9.84 Å². The fourth-order valence-electron chi connectivity index (χ4n) is 1.55. The van der Waals surface area contributed by atoms with Gasteiger partial charge in [-0.15, -0.1) is 0 Å². The van der Waals surface area contributed by atoms with Crippen LogP contribution in [-0.4, -0.2) is 24.3 Å². The molecule has 0 aliphatic carbocycles. The van der Waals surface area contributed by atoms with Gasteiger partial charge in [0.1, 0.15) is 0 Å². The Labute approximate surface area is 92.8 Å². The number of aliphatic hydroxyl groups is 1. The Morgan fingerprint density at radius 3 is 2.20 bits per heavy atom. The molecule has 0 amide bonds. The number of rotatable bonds is 9. The van der Waals surface area contributed by atoms with Crippen LogP contribution >= 0.6 is 0 Å². The molecule has 0 fully saturated rings. The zero-order valence-corrected chi connectivity index (χ0v) is 10.00. The number of carbonyl (C=O) groups is 1. The first-order valence-electron chi connectivity index (χ1n) is 5.98. The van der Waals surface area contributed by atoms with Crippen molar-refractivity contribution in [3.8, 4) is 0 Å². The molecule has 1 N–H and O–H groups in total. The number of aliphatic hydroxyl groups excluding tert-OH is 1. The number of methoxy groups -OCH3 is 1. The van der Waals surface area contributed by atoms with Crippen molar-refractivity contribution in [2.24, 2.45) is 0 Å². The average molecular weight is 216 g/mol. The van der Waals surface area contributed by atoms with Crippen LogP contribution in [0.3, 0.4) is 0 Å². The maximum absolute atomic E-state index is 10.8. The lowest BCUT2D eigenvalue weighted by atomic mass is 10.1. The SMILES string of the molecule is CCCCCCCCCC(O)C(=O)OC. The fraction of sp³-hybridized carbons (Fsp3) is 0.917. The molecule has 0 saturated carbocycles. The van der Waals surface area contributed by atoms with Crippen LogP contribution in [0, 0.1) is 0 Å². The average Bonchev–Trinajstić information content (AvgIpc) is 2.26.